The number of imidazole rings is 1. The van der Waals surface area contributed by atoms with Crippen LogP contribution < -0.4 is 0 Å². The lowest BCUT2D eigenvalue weighted by Crippen LogP contribution is -2.09. The van der Waals surface area contributed by atoms with Crippen LogP contribution >= 0.6 is 35.6 Å². The molecule has 1 aliphatic heterocycles. The van der Waals surface area contributed by atoms with Gasteiger partial charge in [0.05, 0.1) is 17.5 Å². The highest BCUT2D eigenvalue weighted by Crippen LogP contribution is 2.32. The van der Waals surface area contributed by atoms with E-state index in [1.807, 2.05) is 6.92 Å². The lowest BCUT2D eigenvalue weighted by Gasteiger charge is -2.11. The molecule has 0 radical (unpaired) electrons. The van der Waals surface area contributed by atoms with Crippen LogP contribution in [0, 0.1) is 6.92 Å². The first-order valence-corrected chi connectivity index (χ1v) is 9.83. The molecule has 154 valence electrons. The molecule has 0 saturated heterocycles. The van der Waals surface area contributed by atoms with Crippen LogP contribution in [-0.2, 0) is 11.3 Å². The molecule has 0 aliphatic carbocycles. The molecule has 2 aromatic heterocycles. The van der Waals surface area contributed by atoms with Gasteiger partial charge >= 0.3 is 5.97 Å². The van der Waals surface area contributed by atoms with E-state index in [9.17, 15) is 4.79 Å². The standard InChI is InChI=1S/C21H15Cl2N3O3.ClH/c1-11-24-10-17-18(4-5-26(11)17)29-21(27)12-2-3-16-19(8-12)28-20(25-16)13-6-14(22)9-15(23)7-13;/h2-3,6-10,18H,4-5H2,1H3;1H. The maximum atomic E-state index is 12.7. The van der Waals surface area contributed by atoms with E-state index in [1.54, 1.807) is 42.6 Å². The summed E-state index contributed by atoms with van der Waals surface area (Å²) in [6.07, 6.45) is 2.22. The smallest absolute Gasteiger partial charge is 0.338 e. The quantitative estimate of drug-likeness (QED) is 0.346. The Morgan fingerprint density at radius 2 is 1.97 bits per heavy atom. The molecule has 0 fully saturated rings. The SMILES string of the molecule is Cc1ncc2n1CCC2OC(=O)c1ccc2nc(-c3cc(Cl)cc(Cl)c3)oc2c1.Cl. The number of carbonyl (C=O) groups is 1. The van der Waals surface area contributed by atoms with E-state index in [0.717, 1.165) is 24.5 Å². The second-order valence-corrected chi connectivity index (χ2v) is 7.80. The van der Waals surface area contributed by atoms with Crippen LogP contribution in [0.4, 0.5) is 0 Å². The first-order valence-electron chi connectivity index (χ1n) is 9.08. The van der Waals surface area contributed by atoms with Crippen LogP contribution in [0.25, 0.3) is 22.6 Å². The Morgan fingerprint density at radius 1 is 1.20 bits per heavy atom. The average Bonchev–Trinajstić information content (AvgIpc) is 3.37. The molecule has 6 nitrogen and oxygen atoms in total. The second kappa shape index (κ2) is 7.95. The van der Waals surface area contributed by atoms with Gasteiger partial charge in [0.15, 0.2) is 5.58 Å². The Kier molecular flexibility index (Phi) is 5.49. The van der Waals surface area contributed by atoms with E-state index in [1.165, 1.54) is 0 Å². The number of benzene rings is 2. The molecule has 0 bridgehead atoms. The number of aryl methyl sites for hydroxylation is 1. The molecule has 9 heteroatoms. The summed E-state index contributed by atoms with van der Waals surface area (Å²) in [5.74, 6) is 0.897. The van der Waals surface area contributed by atoms with Gasteiger partial charge in [0.2, 0.25) is 5.89 Å². The van der Waals surface area contributed by atoms with Crippen molar-refractivity contribution in [1.82, 2.24) is 14.5 Å². The highest BCUT2D eigenvalue weighted by atomic mass is 35.5. The third-order valence-corrected chi connectivity index (χ3v) is 5.45. The zero-order valence-corrected chi connectivity index (χ0v) is 18.1. The summed E-state index contributed by atoms with van der Waals surface area (Å²) in [6.45, 7) is 2.74. The maximum Gasteiger partial charge on any atom is 0.338 e. The Hall–Kier alpha value is -2.54. The number of oxazole rings is 1. The Balaban J connectivity index is 0.00000218. The number of carbonyl (C=O) groups excluding carboxylic acids is 1. The summed E-state index contributed by atoms with van der Waals surface area (Å²) in [6, 6.07) is 10.1. The largest absolute Gasteiger partial charge is 0.452 e. The van der Waals surface area contributed by atoms with Crippen LogP contribution in [0.3, 0.4) is 0 Å². The van der Waals surface area contributed by atoms with Gasteiger partial charge in [0.1, 0.15) is 17.4 Å². The van der Waals surface area contributed by atoms with Crippen molar-refractivity contribution in [1.29, 1.82) is 0 Å². The molecule has 4 aromatic rings. The first-order chi connectivity index (χ1) is 14.0. The predicted molar refractivity (Wildman–Crippen MR) is 116 cm³/mol. The molecule has 3 heterocycles. The van der Waals surface area contributed by atoms with E-state index >= 15 is 0 Å². The highest BCUT2D eigenvalue weighted by Gasteiger charge is 2.28. The lowest BCUT2D eigenvalue weighted by molar-refractivity contribution is 0.0300. The third kappa shape index (κ3) is 3.67. The summed E-state index contributed by atoms with van der Waals surface area (Å²) in [4.78, 5) is 21.4. The van der Waals surface area contributed by atoms with E-state index in [4.69, 9.17) is 32.4 Å². The van der Waals surface area contributed by atoms with E-state index in [0.29, 0.717) is 38.2 Å². The molecule has 0 spiro atoms. The van der Waals surface area contributed by atoms with Crippen molar-refractivity contribution in [2.24, 2.45) is 0 Å². The zero-order valence-electron chi connectivity index (χ0n) is 15.8. The molecule has 0 saturated carbocycles. The summed E-state index contributed by atoms with van der Waals surface area (Å²) in [7, 11) is 0. The number of hydrogen-bond donors (Lipinski definition) is 0. The average molecular weight is 465 g/mol. The van der Waals surface area contributed by atoms with Gasteiger partial charge in [-0.3, -0.25) is 0 Å². The van der Waals surface area contributed by atoms with Crippen molar-refractivity contribution in [3.63, 3.8) is 0 Å². The minimum Gasteiger partial charge on any atom is -0.452 e. The van der Waals surface area contributed by atoms with Crippen LogP contribution in [0.1, 0.15) is 34.4 Å². The van der Waals surface area contributed by atoms with Gasteiger partial charge in [0, 0.05) is 28.6 Å². The zero-order chi connectivity index (χ0) is 20.1. The maximum absolute atomic E-state index is 12.7. The predicted octanol–water partition coefficient (Wildman–Crippen LogP) is 6.03. The molecule has 30 heavy (non-hydrogen) atoms. The van der Waals surface area contributed by atoms with Crippen molar-refractivity contribution >= 4 is 52.7 Å². The minimum atomic E-state index is -0.409. The Bertz CT molecular complexity index is 1240. The number of rotatable bonds is 3. The van der Waals surface area contributed by atoms with E-state index in [-0.39, 0.29) is 18.5 Å². The fourth-order valence-electron chi connectivity index (χ4n) is 3.60. The molecule has 1 aliphatic rings. The van der Waals surface area contributed by atoms with Gasteiger partial charge in [0.25, 0.3) is 0 Å². The highest BCUT2D eigenvalue weighted by molar-refractivity contribution is 6.35. The van der Waals surface area contributed by atoms with E-state index < -0.39 is 5.97 Å². The summed E-state index contributed by atoms with van der Waals surface area (Å²) in [5.41, 5.74) is 3.10. The number of nitrogens with zero attached hydrogens (tertiary/aromatic N) is 3. The number of ether oxygens (including phenoxy) is 1. The summed E-state index contributed by atoms with van der Waals surface area (Å²) < 4.78 is 13.6. The van der Waals surface area contributed by atoms with Crippen LogP contribution in [0.15, 0.2) is 47.0 Å². The van der Waals surface area contributed by atoms with Crippen LogP contribution in [-0.4, -0.2) is 20.5 Å². The van der Waals surface area contributed by atoms with E-state index in [2.05, 4.69) is 14.5 Å². The van der Waals surface area contributed by atoms with Crippen LogP contribution in [0.5, 0.6) is 0 Å². The Morgan fingerprint density at radius 3 is 2.73 bits per heavy atom. The number of aromatic nitrogens is 3. The lowest BCUT2D eigenvalue weighted by atomic mass is 10.2. The fourth-order valence-corrected chi connectivity index (χ4v) is 4.12. The molecule has 2 aromatic carbocycles. The molecule has 0 amide bonds. The number of fused-ring (bicyclic) bond motifs is 2. The van der Waals surface area contributed by atoms with Crippen LogP contribution in [0.2, 0.25) is 10.0 Å². The van der Waals surface area contributed by atoms with Crippen molar-refractivity contribution in [2.75, 3.05) is 0 Å². The third-order valence-electron chi connectivity index (χ3n) is 5.01. The van der Waals surface area contributed by atoms with Gasteiger partial charge in [-0.2, -0.15) is 0 Å². The molecular weight excluding hydrogens is 449 g/mol. The summed E-state index contributed by atoms with van der Waals surface area (Å²) in [5, 5.41) is 0.982. The fraction of sp³-hybridized carbons (Fsp3) is 0.190. The second-order valence-electron chi connectivity index (χ2n) is 6.92. The van der Waals surface area contributed by atoms with Gasteiger partial charge in [-0.25, -0.2) is 14.8 Å². The minimum absolute atomic E-state index is 0. The van der Waals surface area contributed by atoms with Gasteiger partial charge in [-0.05, 0) is 43.3 Å². The molecule has 0 N–H and O–H groups in total. The molecule has 1 unspecified atom stereocenters. The normalized spacial score (nSPS) is 15.1. The van der Waals surface area contributed by atoms with Crippen molar-refractivity contribution in [3.8, 4) is 11.5 Å². The number of hydrogen-bond acceptors (Lipinski definition) is 5. The number of esters is 1. The van der Waals surface area contributed by atoms with Crippen molar-refractivity contribution < 1.29 is 13.9 Å². The Labute approximate surface area is 188 Å². The van der Waals surface area contributed by atoms with Gasteiger partial charge < -0.3 is 13.7 Å². The van der Waals surface area contributed by atoms with Crippen molar-refractivity contribution in [3.05, 3.63) is 69.7 Å². The van der Waals surface area contributed by atoms with Gasteiger partial charge in [-0.1, -0.05) is 23.2 Å². The van der Waals surface area contributed by atoms with Crippen molar-refractivity contribution in [2.45, 2.75) is 26.0 Å². The summed E-state index contributed by atoms with van der Waals surface area (Å²) >= 11 is 12.1. The monoisotopic (exact) mass is 463 g/mol. The first kappa shape index (κ1) is 20.7. The number of halogens is 3. The topological polar surface area (TPSA) is 70.2 Å². The van der Waals surface area contributed by atoms with Gasteiger partial charge in [-0.15, -0.1) is 12.4 Å². The molecule has 1 atom stereocenters. The molecular formula is C21H16Cl3N3O3. The molecule has 5 rings (SSSR count).